The van der Waals surface area contributed by atoms with Crippen molar-refractivity contribution in [3.8, 4) is 11.4 Å². The van der Waals surface area contributed by atoms with Gasteiger partial charge in [0.25, 0.3) is 0 Å². The molecule has 5 heteroatoms. The second kappa shape index (κ2) is 5.56. The maximum absolute atomic E-state index is 4.56. The molecule has 0 aliphatic heterocycles. The monoisotopic (exact) mass is 285 g/mol. The number of hydrogen-bond acceptors (Lipinski definition) is 4. The number of rotatable bonds is 4. The van der Waals surface area contributed by atoms with Crippen molar-refractivity contribution in [1.29, 1.82) is 0 Å². The van der Waals surface area contributed by atoms with E-state index in [2.05, 4.69) is 41.5 Å². The molecule has 1 saturated carbocycles. The molecule has 1 N–H and O–H groups in total. The summed E-state index contributed by atoms with van der Waals surface area (Å²) in [6.45, 7) is 7.60. The average molecular weight is 285 g/mol. The molecule has 5 nitrogen and oxygen atoms in total. The molecule has 1 aromatic carbocycles. The third-order valence-electron chi connectivity index (χ3n) is 4.03. The number of benzene rings is 1. The van der Waals surface area contributed by atoms with Crippen LogP contribution in [0.25, 0.3) is 11.4 Å². The van der Waals surface area contributed by atoms with E-state index in [0.717, 1.165) is 18.5 Å². The Bertz CT molecular complexity index is 584. The number of nitrogens with zero attached hydrogens (tertiary/aromatic N) is 4. The number of tetrazole rings is 1. The van der Waals surface area contributed by atoms with Crippen LogP contribution in [0.4, 0.5) is 0 Å². The van der Waals surface area contributed by atoms with E-state index in [1.807, 2.05) is 30.3 Å². The number of hydrogen-bond donors (Lipinski definition) is 1. The first-order chi connectivity index (χ1) is 10.0. The van der Waals surface area contributed by atoms with E-state index in [0.29, 0.717) is 17.8 Å². The van der Waals surface area contributed by atoms with Gasteiger partial charge in [0.15, 0.2) is 0 Å². The predicted octanol–water partition coefficient (Wildman–Crippen LogP) is 2.68. The predicted molar refractivity (Wildman–Crippen MR) is 82.8 cm³/mol. The second-order valence-electron chi connectivity index (χ2n) is 6.84. The van der Waals surface area contributed by atoms with Gasteiger partial charge in [-0.15, -0.1) is 10.2 Å². The highest BCUT2D eigenvalue weighted by Crippen LogP contribution is 2.37. The van der Waals surface area contributed by atoms with E-state index in [1.165, 1.54) is 6.42 Å². The maximum atomic E-state index is 4.56. The van der Waals surface area contributed by atoms with E-state index in [4.69, 9.17) is 0 Å². The van der Waals surface area contributed by atoms with Gasteiger partial charge in [-0.2, -0.15) is 4.80 Å². The molecule has 1 heterocycles. The zero-order valence-corrected chi connectivity index (χ0v) is 13.0. The fourth-order valence-corrected chi connectivity index (χ4v) is 2.60. The van der Waals surface area contributed by atoms with Crippen LogP contribution in [-0.4, -0.2) is 32.3 Å². The van der Waals surface area contributed by atoms with E-state index in [-0.39, 0.29) is 5.54 Å². The lowest BCUT2D eigenvalue weighted by Crippen LogP contribution is -2.44. The summed E-state index contributed by atoms with van der Waals surface area (Å²) < 4.78 is 0. The minimum atomic E-state index is 0.158. The summed E-state index contributed by atoms with van der Waals surface area (Å²) >= 11 is 0. The Hall–Kier alpha value is -1.75. The van der Waals surface area contributed by atoms with Crippen molar-refractivity contribution in [1.82, 2.24) is 25.5 Å². The van der Waals surface area contributed by atoms with Gasteiger partial charge in [0.05, 0.1) is 6.04 Å². The summed E-state index contributed by atoms with van der Waals surface area (Å²) in [6.07, 6.45) is 2.37. The summed E-state index contributed by atoms with van der Waals surface area (Å²) in [5, 5.41) is 16.6. The molecular formula is C16H23N5. The largest absolute Gasteiger partial charge is 0.312 e. The van der Waals surface area contributed by atoms with Crippen LogP contribution in [0.15, 0.2) is 30.3 Å². The van der Waals surface area contributed by atoms with Gasteiger partial charge < -0.3 is 5.32 Å². The molecule has 1 fully saturated rings. The molecule has 2 unspecified atom stereocenters. The van der Waals surface area contributed by atoms with Gasteiger partial charge in [0.2, 0.25) is 5.82 Å². The van der Waals surface area contributed by atoms with Gasteiger partial charge >= 0.3 is 0 Å². The smallest absolute Gasteiger partial charge is 0.204 e. The normalized spacial score (nSPS) is 22.0. The topological polar surface area (TPSA) is 55.6 Å². The molecule has 0 amide bonds. The summed E-state index contributed by atoms with van der Waals surface area (Å²) in [5.41, 5.74) is 1.18. The fraction of sp³-hybridized carbons (Fsp3) is 0.562. The minimum Gasteiger partial charge on any atom is -0.312 e. The van der Waals surface area contributed by atoms with E-state index in [1.54, 1.807) is 4.80 Å². The number of nitrogens with one attached hydrogen (secondary N) is 1. The quantitative estimate of drug-likeness (QED) is 0.938. The molecule has 112 valence electrons. The first-order valence-electron chi connectivity index (χ1n) is 7.63. The van der Waals surface area contributed by atoms with Crippen LogP contribution in [0.5, 0.6) is 0 Å². The first-order valence-corrected chi connectivity index (χ1v) is 7.63. The van der Waals surface area contributed by atoms with Crippen molar-refractivity contribution >= 4 is 0 Å². The van der Waals surface area contributed by atoms with Crippen LogP contribution in [0.3, 0.4) is 0 Å². The molecule has 2 atom stereocenters. The van der Waals surface area contributed by atoms with E-state index >= 15 is 0 Å². The van der Waals surface area contributed by atoms with Gasteiger partial charge in [-0.3, -0.25) is 0 Å². The van der Waals surface area contributed by atoms with Crippen molar-refractivity contribution in [2.45, 2.75) is 45.2 Å². The molecule has 0 radical (unpaired) electrons. The Morgan fingerprint density at radius 1 is 1.19 bits per heavy atom. The summed E-state index contributed by atoms with van der Waals surface area (Å²) in [6, 6.07) is 10.4. The second-order valence-corrected chi connectivity index (χ2v) is 6.84. The molecule has 1 aliphatic rings. The van der Waals surface area contributed by atoms with Crippen LogP contribution < -0.4 is 5.32 Å². The van der Waals surface area contributed by atoms with Crippen molar-refractivity contribution < 1.29 is 0 Å². The molecule has 1 aromatic heterocycles. The molecule has 21 heavy (non-hydrogen) atoms. The molecule has 0 spiro atoms. The van der Waals surface area contributed by atoms with Gasteiger partial charge in [-0.05, 0) is 44.7 Å². The van der Waals surface area contributed by atoms with Gasteiger partial charge in [-0.25, -0.2) is 0 Å². The van der Waals surface area contributed by atoms with Crippen LogP contribution >= 0.6 is 0 Å². The molecule has 0 bridgehead atoms. The molecule has 3 rings (SSSR count). The van der Waals surface area contributed by atoms with Crippen molar-refractivity contribution in [2.75, 3.05) is 6.54 Å². The Labute approximate surface area is 125 Å². The Balaban J connectivity index is 1.67. The van der Waals surface area contributed by atoms with Gasteiger partial charge in [0, 0.05) is 17.6 Å². The lowest BCUT2D eigenvalue weighted by atomic mass is 9.79. The lowest BCUT2D eigenvalue weighted by molar-refractivity contribution is 0.136. The van der Waals surface area contributed by atoms with Crippen LogP contribution in [0.1, 0.15) is 39.7 Å². The highest BCUT2D eigenvalue weighted by molar-refractivity contribution is 5.52. The minimum absolute atomic E-state index is 0.158. The zero-order chi connectivity index (χ0) is 14.9. The highest BCUT2D eigenvalue weighted by atomic mass is 15.6. The standard InChI is InChI=1S/C16H23N5/c1-16(2,3)17-11-13-9-10-14(13)21-19-15(18-20-21)12-7-5-4-6-8-12/h4-8,13-14,17H,9-11H2,1-3H3. The van der Waals surface area contributed by atoms with Crippen LogP contribution in [0, 0.1) is 5.92 Å². The zero-order valence-electron chi connectivity index (χ0n) is 13.0. The molecular weight excluding hydrogens is 262 g/mol. The van der Waals surface area contributed by atoms with E-state index in [9.17, 15) is 0 Å². The van der Waals surface area contributed by atoms with Crippen molar-refractivity contribution in [2.24, 2.45) is 5.92 Å². The first kappa shape index (κ1) is 14.2. The molecule has 0 saturated heterocycles. The van der Waals surface area contributed by atoms with Crippen molar-refractivity contribution in [3.63, 3.8) is 0 Å². The number of aromatic nitrogens is 4. The third kappa shape index (κ3) is 3.29. The SMILES string of the molecule is CC(C)(C)NCC1CCC1n1nnc(-c2ccccc2)n1. The summed E-state index contributed by atoms with van der Waals surface area (Å²) in [4.78, 5) is 1.81. The molecule has 1 aliphatic carbocycles. The lowest BCUT2D eigenvalue weighted by Gasteiger charge is -2.37. The fourth-order valence-electron chi connectivity index (χ4n) is 2.60. The summed E-state index contributed by atoms with van der Waals surface area (Å²) in [7, 11) is 0. The summed E-state index contributed by atoms with van der Waals surface area (Å²) in [5.74, 6) is 1.31. The van der Waals surface area contributed by atoms with Crippen molar-refractivity contribution in [3.05, 3.63) is 30.3 Å². The van der Waals surface area contributed by atoms with Gasteiger partial charge in [0.1, 0.15) is 0 Å². The van der Waals surface area contributed by atoms with Crippen LogP contribution in [-0.2, 0) is 0 Å². The Kier molecular flexibility index (Phi) is 3.76. The van der Waals surface area contributed by atoms with E-state index < -0.39 is 0 Å². The third-order valence-corrected chi connectivity index (χ3v) is 4.03. The Morgan fingerprint density at radius 2 is 1.95 bits per heavy atom. The highest BCUT2D eigenvalue weighted by Gasteiger charge is 2.34. The van der Waals surface area contributed by atoms with Gasteiger partial charge in [-0.1, -0.05) is 30.3 Å². The average Bonchev–Trinajstić information content (AvgIpc) is 2.86. The Morgan fingerprint density at radius 3 is 2.57 bits per heavy atom. The molecule has 2 aromatic rings. The maximum Gasteiger partial charge on any atom is 0.204 e. The van der Waals surface area contributed by atoms with Crippen LogP contribution in [0.2, 0.25) is 0 Å².